The van der Waals surface area contributed by atoms with Crippen molar-refractivity contribution in [1.29, 1.82) is 0 Å². The fourth-order valence-electron chi connectivity index (χ4n) is 2.64. The number of aromatic nitrogens is 2. The highest BCUT2D eigenvalue weighted by Crippen LogP contribution is 2.27. The first-order chi connectivity index (χ1) is 10.1. The van der Waals surface area contributed by atoms with Crippen molar-refractivity contribution in [2.75, 3.05) is 14.2 Å². The second-order valence-corrected chi connectivity index (χ2v) is 5.38. The number of nitrogens with zero attached hydrogens (tertiary/aromatic N) is 2. The highest BCUT2D eigenvalue weighted by Gasteiger charge is 2.20. The molecule has 1 unspecified atom stereocenters. The summed E-state index contributed by atoms with van der Waals surface area (Å²) in [5.41, 5.74) is 5.10. The standard InChI is InChI=1S/C17H25N3O/c1-6-20-17(16(21-5)11-19-20)15(18-4)10-14-8-7-12(2)13(3)9-14/h7-9,11,15,18H,6,10H2,1-5H3. The van der Waals surface area contributed by atoms with E-state index >= 15 is 0 Å². The average molecular weight is 287 g/mol. The maximum Gasteiger partial charge on any atom is 0.161 e. The lowest BCUT2D eigenvalue weighted by atomic mass is 9.99. The van der Waals surface area contributed by atoms with E-state index in [0.717, 1.165) is 24.4 Å². The van der Waals surface area contributed by atoms with Gasteiger partial charge in [-0.1, -0.05) is 18.2 Å². The molecule has 21 heavy (non-hydrogen) atoms. The lowest BCUT2D eigenvalue weighted by molar-refractivity contribution is 0.394. The summed E-state index contributed by atoms with van der Waals surface area (Å²) in [7, 11) is 3.68. The molecule has 0 spiro atoms. The van der Waals surface area contributed by atoms with E-state index in [0.29, 0.717) is 0 Å². The van der Waals surface area contributed by atoms with Crippen LogP contribution < -0.4 is 10.1 Å². The van der Waals surface area contributed by atoms with Crippen molar-refractivity contribution in [2.45, 2.75) is 39.8 Å². The van der Waals surface area contributed by atoms with Gasteiger partial charge in [0.15, 0.2) is 5.75 Å². The van der Waals surface area contributed by atoms with E-state index in [4.69, 9.17) is 4.74 Å². The Morgan fingerprint density at radius 1 is 1.29 bits per heavy atom. The summed E-state index contributed by atoms with van der Waals surface area (Å²) in [4.78, 5) is 0. The molecule has 1 aromatic heterocycles. The van der Waals surface area contributed by atoms with E-state index in [9.17, 15) is 0 Å². The molecule has 0 fully saturated rings. The maximum absolute atomic E-state index is 5.47. The van der Waals surface area contributed by atoms with E-state index in [1.54, 1.807) is 13.3 Å². The molecule has 0 radical (unpaired) electrons. The fourth-order valence-corrected chi connectivity index (χ4v) is 2.64. The minimum Gasteiger partial charge on any atom is -0.493 e. The van der Waals surface area contributed by atoms with Gasteiger partial charge < -0.3 is 10.1 Å². The normalized spacial score (nSPS) is 12.4. The summed E-state index contributed by atoms with van der Waals surface area (Å²) >= 11 is 0. The number of aryl methyl sites for hydroxylation is 3. The predicted octanol–water partition coefficient (Wildman–Crippen LogP) is 3.03. The zero-order valence-electron chi connectivity index (χ0n) is 13.6. The molecule has 0 aliphatic rings. The largest absolute Gasteiger partial charge is 0.493 e. The van der Waals surface area contributed by atoms with Crippen LogP contribution in [0.4, 0.5) is 0 Å². The van der Waals surface area contributed by atoms with E-state index in [-0.39, 0.29) is 6.04 Å². The van der Waals surface area contributed by atoms with E-state index in [1.807, 2.05) is 11.7 Å². The quantitative estimate of drug-likeness (QED) is 0.887. The number of methoxy groups -OCH3 is 1. The Balaban J connectivity index is 2.31. The number of hydrogen-bond donors (Lipinski definition) is 1. The van der Waals surface area contributed by atoms with Gasteiger partial charge in [0.2, 0.25) is 0 Å². The van der Waals surface area contributed by atoms with Crippen molar-refractivity contribution in [3.63, 3.8) is 0 Å². The second kappa shape index (κ2) is 6.76. The third kappa shape index (κ3) is 3.27. The van der Waals surface area contributed by atoms with Gasteiger partial charge in [0.1, 0.15) is 0 Å². The molecule has 1 atom stereocenters. The number of nitrogens with one attached hydrogen (secondary N) is 1. The van der Waals surface area contributed by atoms with Crippen molar-refractivity contribution in [3.05, 3.63) is 46.8 Å². The summed E-state index contributed by atoms with van der Waals surface area (Å²) in [6.07, 6.45) is 2.71. The molecule has 114 valence electrons. The summed E-state index contributed by atoms with van der Waals surface area (Å²) in [5.74, 6) is 0.847. The summed E-state index contributed by atoms with van der Waals surface area (Å²) < 4.78 is 7.47. The van der Waals surface area contributed by atoms with Gasteiger partial charge >= 0.3 is 0 Å². The first kappa shape index (κ1) is 15.6. The SMILES string of the molecule is CCn1ncc(OC)c1C(Cc1ccc(C)c(C)c1)NC. The summed E-state index contributed by atoms with van der Waals surface area (Å²) in [6.45, 7) is 7.23. The molecule has 0 bridgehead atoms. The second-order valence-electron chi connectivity index (χ2n) is 5.38. The fraction of sp³-hybridized carbons (Fsp3) is 0.471. The maximum atomic E-state index is 5.47. The Kier molecular flexibility index (Phi) is 5.02. The lowest BCUT2D eigenvalue weighted by Gasteiger charge is -2.19. The van der Waals surface area contributed by atoms with Crippen molar-refractivity contribution in [3.8, 4) is 5.75 Å². The van der Waals surface area contributed by atoms with Gasteiger partial charge in [-0.25, -0.2) is 0 Å². The van der Waals surface area contributed by atoms with Gasteiger partial charge in [-0.15, -0.1) is 0 Å². The molecular weight excluding hydrogens is 262 g/mol. The highest BCUT2D eigenvalue weighted by atomic mass is 16.5. The Labute approximate surface area is 127 Å². The van der Waals surface area contributed by atoms with Crippen LogP contribution >= 0.6 is 0 Å². The smallest absolute Gasteiger partial charge is 0.161 e. The average Bonchev–Trinajstić information content (AvgIpc) is 2.91. The Morgan fingerprint density at radius 2 is 2.05 bits per heavy atom. The summed E-state index contributed by atoms with van der Waals surface area (Å²) in [5, 5.41) is 7.79. The van der Waals surface area contributed by atoms with E-state index < -0.39 is 0 Å². The Morgan fingerprint density at radius 3 is 2.62 bits per heavy atom. The third-order valence-corrected chi connectivity index (χ3v) is 4.05. The van der Waals surface area contributed by atoms with Crippen molar-refractivity contribution in [2.24, 2.45) is 0 Å². The first-order valence-electron chi connectivity index (χ1n) is 7.43. The molecular formula is C17H25N3O. The minimum atomic E-state index is 0.185. The van der Waals surface area contributed by atoms with Gasteiger partial charge in [-0.05, 0) is 50.9 Å². The third-order valence-electron chi connectivity index (χ3n) is 4.05. The number of hydrogen-bond acceptors (Lipinski definition) is 3. The topological polar surface area (TPSA) is 39.1 Å². The van der Waals surface area contributed by atoms with E-state index in [2.05, 4.69) is 49.4 Å². The first-order valence-corrected chi connectivity index (χ1v) is 7.43. The van der Waals surface area contributed by atoms with Gasteiger partial charge in [0.05, 0.1) is 25.0 Å². The van der Waals surface area contributed by atoms with Crippen molar-refractivity contribution < 1.29 is 4.74 Å². The van der Waals surface area contributed by atoms with Gasteiger partial charge in [0, 0.05) is 6.54 Å². The molecule has 0 aliphatic heterocycles. The van der Waals surface area contributed by atoms with Crippen LogP contribution in [0.15, 0.2) is 24.4 Å². The zero-order valence-corrected chi connectivity index (χ0v) is 13.6. The van der Waals surface area contributed by atoms with Crippen LogP contribution in [-0.2, 0) is 13.0 Å². The molecule has 1 heterocycles. The Bertz CT molecular complexity index is 583. The number of benzene rings is 1. The van der Waals surface area contributed by atoms with Crippen LogP contribution in [-0.4, -0.2) is 23.9 Å². The Hall–Kier alpha value is -1.81. The molecule has 0 saturated heterocycles. The van der Waals surface area contributed by atoms with Crippen LogP contribution in [0, 0.1) is 13.8 Å². The van der Waals surface area contributed by atoms with E-state index in [1.165, 1.54) is 16.7 Å². The lowest BCUT2D eigenvalue weighted by Crippen LogP contribution is -2.23. The molecule has 2 aromatic rings. The molecule has 4 heteroatoms. The predicted molar refractivity (Wildman–Crippen MR) is 85.9 cm³/mol. The van der Waals surface area contributed by atoms with Crippen LogP contribution in [0.5, 0.6) is 5.75 Å². The van der Waals surface area contributed by atoms with Crippen LogP contribution in [0.2, 0.25) is 0 Å². The highest BCUT2D eigenvalue weighted by molar-refractivity contribution is 5.33. The van der Waals surface area contributed by atoms with Crippen molar-refractivity contribution >= 4 is 0 Å². The molecule has 1 aromatic carbocycles. The van der Waals surface area contributed by atoms with Gasteiger partial charge in [0.25, 0.3) is 0 Å². The zero-order chi connectivity index (χ0) is 15.4. The number of ether oxygens (including phenoxy) is 1. The molecule has 1 N–H and O–H groups in total. The molecule has 0 saturated carbocycles. The van der Waals surface area contributed by atoms with Gasteiger partial charge in [-0.3, -0.25) is 4.68 Å². The molecule has 0 amide bonds. The number of rotatable bonds is 6. The molecule has 4 nitrogen and oxygen atoms in total. The van der Waals surface area contributed by atoms with Crippen LogP contribution in [0.25, 0.3) is 0 Å². The molecule has 0 aliphatic carbocycles. The van der Waals surface area contributed by atoms with Crippen LogP contribution in [0.3, 0.4) is 0 Å². The molecule has 2 rings (SSSR count). The van der Waals surface area contributed by atoms with Crippen molar-refractivity contribution in [1.82, 2.24) is 15.1 Å². The van der Waals surface area contributed by atoms with Crippen LogP contribution in [0.1, 0.15) is 35.3 Å². The number of likely N-dealkylation sites (N-methyl/N-ethyl adjacent to an activating group) is 1. The summed E-state index contributed by atoms with van der Waals surface area (Å²) in [6, 6.07) is 6.83. The monoisotopic (exact) mass is 287 g/mol. The van der Waals surface area contributed by atoms with Gasteiger partial charge in [-0.2, -0.15) is 5.10 Å². The minimum absolute atomic E-state index is 0.185.